The number of rotatable bonds is 5. The summed E-state index contributed by atoms with van der Waals surface area (Å²) in [6.45, 7) is 0.0577. The number of hydrogen-bond acceptors (Lipinski definition) is 3. The van der Waals surface area contributed by atoms with E-state index in [4.69, 9.17) is 23.2 Å². The van der Waals surface area contributed by atoms with E-state index in [2.05, 4.69) is 16.0 Å². The Morgan fingerprint density at radius 1 is 1.04 bits per heavy atom. The van der Waals surface area contributed by atoms with Crippen LogP contribution in [0.2, 0.25) is 10.0 Å². The Bertz CT molecular complexity index is 718. The molecule has 5 nitrogen and oxygen atoms in total. The van der Waals surface area contributed by atoms with Crippen LogP contribution in [0, 0.1) is 0 Å². The van der Waals surface area contributed by atoms with E-state index in [9.17, 15) is 9.59 Å². The van der Waals surface area contributed by atoms with Crippen LogP contribution in [0.25, 0.3) is 0 Å². The summed E-state index contributed by atoms with van der Waals surface area (Å²) in [5.41, 5.74) is 1.74. The lowest BCUT2D eigenvalue weighted by atomic mass is 10.2. The van der Waals surface area contributed by atoms with Gasteiger partial charge in [0.25, 0.3) is 5.91 Å². The molecule has 0 radical (unpaired) electrons. The van der Waals surface area contributed by atoms with Gasteiger partial charge in [-0.25, -0.2) is 0 Å². The van der Waals surface area contributed by atoms with E-state index >= 15 is 0 Å². The molecule has 23 heavy (non-hydrogen) atoms. The summed E-state index contributed by atoms with van der Waals surface area (Å²) in [7, 11) is 1.57. The molecule has 120 valence electrons. The molecule has 0 spiro atoms. The largest absolute Gasteiger partial charge is 0.376 e. The number of halogens is 2. The first-order chi connectivity index (χ1) is 11.0. The van der Waals surface area contributed by atoms with Crippen molar-refractivity contribution in [3.05, 3.63) is 58.1 Å². The van der Waals surface area contributed by atoms with Crippen molar-refractivity contribution >= 4 is 46.4 Å². The lowest BCUT2D eigenvalue weighted by Crippen LogP contribution is -2.22. The zero-order valence-corrected chi connectivity index (χ0v) is 13.8. The molecule has 2 aromatic carbocycles. The lowest BCUT2D eigenvalue weighted by Gasteiger charge is -2.10. The van der Waals surface area contributed by atoms with Gasteiger partial charge in [-0.2, -0.15) is 0 Å². The average molecular weight is 352 g/mol. The van der Waals surface area contributed by atoms with Crippen molar-refractivity contribution in [2.75, 3.05) is 24.2 Å². The first-order valence-electron chi connectivity index (χ1n) is 6.81. The second-order valence-corrected chi connectivity index (χ2v) is 5.44. The Kier molecular flexibility index (Phi) is 5.84. The summed E-state index contributed by atoms with van der Waals surface area (Å²) in [6, 6.07) is 11.8. The van der Waals surface area contributed by atoms with Gasteiger partial charge in [0.05, 0.1) is 22.3 Å². The van der Waals surface area contributed by atoms with E-state index in [-0.39, 0.29) is 18.4 Å². The molecule has 0 aliphatic rings. The zero-order chi connectivity index (χ0) is 16.8. The summed E-state index contributed by atoms with van der Waals surface area (Å²) in [5.74, 6) is -0.422. The van der Waals surface area contributed by atoms with Gasteiger partial charge < -0.3 is 16.0 Å². The van der Waals surface area contributed by atoms with Crippen molar-refractivity contribution in [1.29, 1.82) is 0 Å². The third kappa shape index (κ3) is 4.61. The van der Waals surface area contributed by atoms with E-state index in [0.717, 1.165) is 5.69 Å². The fraction of sp³-hybridized carbons (Fsp3) is 0.125. The Labute approximate surface area is 144 Å². The fourth-order valence-corrected chi connectivity index (χ4v) is 2.21. The van der Waals surface area contributed by atoms with Crippen molar-refractivity contribution in [3.8, 4) is 0 Å². The fourth-order valence-electron chi connectivity index (χ4n) is 1.86. The van der Waals surface area contributed by atoms with Gasteiger partial charge in [0.2, 0.25) is 5.91 Å². The van der Waals surface area contributed by atoms with Crippen LogP contribution < -0.4 is 16.0 Å². The average Bonchev–Trinajstić information content (AvgIpc) is 2.57. The number of benzene rings is 2. The van der Waals surface area contributed by atoms with E-state index in [1.54, 1.807) is 49.5 Å². The summed E-state index contributed by atoms with van der Waals surface area (Å²) in [5, 5.41) is 8.86. The molecule has 2 amide bonds. The number of carbonyl (C=O) groups excluding carboxylic acids is 2. The van der Waals surface area contributed by atoms with Crippen molar-refractivity contribution in [2.24, 2.45) is 0 Å². The van der Waals surface area contributed by atoms with Gasteiger partial charge in [0.1, 0.15) is 0 Å². The van der Waals surface area contributed by atoms with Gasteiger partial charge in [-0.1, -0.05) is 29.3 Å². The van der Waals surface area contributed by atoms with Crippen LogP contribution in [0.5, 0.6) is 0 Å². The van der Waals surface area contributed by atoms with Crippen LogP contribution in [-0.4, -0.2) is 25.4 Å². The molecule has 0 aromatic heterocycles. The van der Waals surface area contributed by atoms with Crippen LogP contribution in [0.3, 0.4) is 0 Å². The van der Waals surface area contributed by atoms with E-state index in [1.165, 1.54) is 0 Å². The molecule has 0 aliphatic heterocycles. The summed E-state index contributed by atoms with van der Waals surface area (Å²) < 4.78 is 0. The molecule has 0 saturated heterocycles. The molecule has 7 heteroatoms. The highest BCUT2D eigenvalue weighted by Crippen LogP contribution is 2.29. The van der Waals surface area contributed by atoms with E-state index < -0.39 is 0 Å². The highest BCUT2D eigenvalue weighted by Gasteiger charge is 2.08. The number of carbonyl (C=O) groups is 2. The first kappa shape index (κ1) is 17.1. The van der Waals surface area contributed by atoms with E-state index in [1.807, 2.05) is 0 Å². The first-order valence-corrected chi connectivity index (χ1v) is 7.56. The van der Waals surface area contributed by atoms with Crippen LogP contribution in [-0.2, 0) is 4.79 Å². The van der Waals surface area contributed by atoms with Crippen LogP contribution in [0.1, 0.15) is 10.4 Å². The standard InChI is InChI=1S/C16H15Cl2N3O2/c1-19-16(23)10-5-7-11(8-6-10)20-9-14(22)21-13-4-2-3-12(17)15(13)18/h2-8,20H,9H2,1H3,(H,19,23)(H,21,22). The highest BCUT2D eigenvalue weighted by atomic mass is 35.5. The van der Waals surface area contributed by atoms with Crippen LogP contribution in [0.4, 0.5) is 11.4 Å². The Balaban J connectivity index is 1.91. The van der Waals surface area contributed by atoms with E-state index in [0.29, 0.717) is 21.3 Å². The maximum Gasteiger partial charge on any atom is 0.251 e. The molecule has 0 unspecified atom stereocenters. The van der Waals surface area contributed by atoms with Gasteiger partial charge >= 0.3 is 0 Å². The summed E-state index contributed by atoms with van der Waals surface area (Å²) in [6.07, 6.45) is 0. The lowest BCUT2D eigenvalue weighted by molar-refractivity contribution is -0.114. The minimum absolute atomic E-state index is 0.0577. The molecule has 2 aromatic rings. The minimum Gasteiger partial charge on any atom is -0.376 e. The Morgan fingerprint density at radius 2 is 1.74 bits per heavy atom. The predicted molar refractivity (Wildman–Crippen MR) is 93.4 cm³/mol. The minimum atomic E-state index is -0.260. The number of anilines is 2. The SMILES string of the molecule is CNC(=O)c1ccc(NCC(=O)Nc2cccc(Cl)c2Cl)cc1. The quantitative estimate of drug-likeness (QED) is 0.772. The van der Waals surface area contributed by atoms with Crippen molar-refractivity contribution in [2.45, 2.75) is 0 Å². The molecule has 0 aliphatic carbocycles. The summed E-state index contributed by atoms with van der Waals surface area (Å²) in [4.78, 5) is 23.4. The van der Waals surface area contributed by atoms with Crippen molar-refractivity contribution < 1.29 is 9.59 Å². The van der Waals surface area contributed by atoms with Gasteiger partial charge in [-0.3, -0.25) is 9.59 Å². The molecule has 0 bridgehead atoms. The third-order valence-corrected chi connectivity index (χ3v) is 3.87. The number of hydrogen-bond donors (Lipinski definition) is 3. The van der Waals surface area contributed by atoms with Gasteiger partial charge in [-0.05, 0) is 36.4 Å². The third-order valence-electron chi connectivity index (χ3n) is 3.05. The zero-order valence-electron chi connectivity index (χ0n) is 12.3. The van der Waals surface area contributed by atoms with Crippen LogP contribution >= 0.6 is 23.2 Å². The molecule has 0 atom stereocenters. The molecule has 0 saturated carbocycles. The van der Waals surface area contributed by atoms with Gasteiger partial charge in [-0.15, -0.1) is 0 Å². The monoisotopic (exact) mass is 351 g/mol. The number of amides is 2. The predicted octanol–water partition coefficient (Wildman–Crippen LogP) is 3.40. The number of nitrogens with one attached hydrogen (secondary N) is 3. The second-order valence-electron chi connectivity index (χ2n) is 4.66. The maximum absolute atomic E-state index is 11.9. The highest BCUT2D eigenvalue weighted by molar-refractivity contribution is 6.44. The maximum atomic E-state index is 11.9. The second kappa shape index (κ2) is 7.85. The molecule has 2 rings (SSSR count). The van der Waals surface area contributed by atoms with Gasteiger partial charge in [0, 0.05) is 18.3 Å². The van der Waals surface area contributed by atoms with Crippen molar-refractivity contribution in [1.82, 2.24) is 5.32 Å². The molecule has 0 fully saturated rings. The molecule has 3 N–H and O–H groups in total. The van der Waals surface area contributed by atoms with Crippen LogP contribution in [0.15, 0.2) is 42.5 Å². The topological polar surface area (TPSA) is 70.2 Å². The summed E-state index contributed by atoms with van der Waals surface area (Å²) >= 11 is 11.9. The Hall–Kier alpha value is -2.24. The van der Waals surface area contributed by atoms with Gasteiger partial charge in [0.15, 0.2) is 0 Å². The Morgan fingerprint density at radius 3 is 2.39 bits per heavy atom. The smallest absolute Gasteiger partial charge is 0.251 e. The molecule has 0 heterocycles. The normalized spacial score (nSPS) is 10.0. The van der Waals surface area contributed by atoms with Crippen molar-refractivity contribution in [3.63, 3.8) is 0 Å². The molecular weight excluding hydrogens is 337 g/mol. The molecular formula is C16H15Cl2N3O2.